The number of hydrogen-bond donors (Lipinski definition) is 0. The summed E-state index contributed by atoms with van der Waals surface area (Å²) in [6, 6.07) is 0. The van der Waals surface area contributed by atoms with Gasteiger partial charge < -0.3 is 0 Å². The minimum absolute atomic E-state index is 0.520. The molecule has 25 heavy (non-hydrogen) atoms. The Labute approximate surface area is 155 Å². The van der Waals surface area contributed by atoms with Crippen LogP contribution in [0.25, 0.3) is 0 Å². The lowest BCUT2D eigenvalue weighted by Gasteiger charge is -2.60. The first-order chi connectivity index (χ1) is 12.0. The van der Waals surface area contributed by atoms with Crippen LogP contribution in [0.2, 0.25) is 0 Å². The molecule has 4 aliphatic rings. The van der Waals surface area contributed by atoms with E-state index in [4.69, 9.17) is 0 Å². The highest BCUT2D eigenvalue weighted by Crippen LogP contribution is 2.68. The molecule has 4 aliphatic carbocycles. The van der Waals surface area contributed by atoms with Crippen molar-refractivity contribution in [2.45, 2.75) is 85.0 Å². The maximum absolute atomic E-state index is 10.8. The lowest BCUT2D eigenvalue weighted by Crippen LogP contribution is -2.53. The summed E-state index contributed by atoms with van der Waals surface area (Å²) in [5.41, 5.74) is 1.18. The van der Waals surface area contributed by atoms with E-state index in [-0.39, 0.29) is 0 Å². The zero-order valence-corrected chi connectivity index (χ0v) is 16.7. The van der Waals surface area contributed by atoms with E-state index in [2.05, 4.69) is 26.8 Å². The molecular formula is C24H38O. The van der Waals surface area contributed by atoms with Crippen molar-refractivity contribution in [1.29, 1.82) is 0 Å². The van der Waals surface area contributed by atoms with E-state index in [1.54, 1.807) is 6.08 Å². The second kappa shape index (κ2) is 6.54. The van der Waals surface area contributed by atoms with Crippen LogP contribution in [0.4, 0.5) is 0 Å². The van der Waals surface area contributed by atoms with E-state index in [9.17, 15) is 4.79 Å². The summed E-state index contributed by atoms with van der Waals surface area (Å²) in [5, 5.41) is 0. The highest BCUT2D eigenvalue weighted by atomic mass is 16.1. The second-order valence-electron chi connectivity index (χ2n) is 10.5. The van der Waals surface area contributed by atoms with Crippen LogP contribution in [0, 0.1) is 46.3 Å². The zero-order chi connectivity index (χ0) is 17.7. The third-order valence-corrected chi connectivity index (χ3v) is 9.78. The van der Waals surface area contributed by atoms with Gasteiger partial charge in [0, 0.05) is 0 Å². The fourth-order valence-corrected chi connectivity index (χ4v) is 8.55. The van der Waals surface area contributed by atoms with E-state index in [0.717, 1.165) is 35.9 Å². The van der Waals surface area contributed by atoms with E-state index >= 15 is 0 Å². The molecule has 4 saturated carbocycles. The number of hydrogen-bond acceptors (Lipinski definition) is 1. The van der Waals surface area contributed by atoms with Gasteiger partial charge in [-0.25, -0.2) is 0 Å². The normalized spacial score (nSPS) is 50.8. The molecule has 1 unspecified atom stereocenters. The fraction of sp³-hybridized carbons (Fsp3) is 0.875. The van der Waals surface area contributed by atoms with Crippen molar-refractivity contribution in [3.05, 3.63) is 12.2 Å². The monoisotopic (exact) mass is 342 g/mol. The molecule has 0 spiro atoms. The maximum atomic E-state index is 10.8. The van der Waals surface area contributed by atoms with Crippen LogP contribution < -0.4 is 0 Å². The molecule has 0 heterocycles. The first kappa shape index (κ1) is 17.8. The van der Waals surface area contributed by atoms with Crippen molar-refractivity contribution in [3.63, 3.8) is 0 Å². The van der Waals surface area contributed by atoms with Crippen molar-refractivity contribution in [1.82, 2.24) is 0 Å². The Hall–Kier alpha value is -0.590. The molecular weight excluding hydrogens is 304 g/mol. The Balaban J connectivity index is 1.57. The lowest BCUT2D eigenvalue weighted by molar-refractivity contribution is -0.113. The summed E-state index contributed by atoms with van der Waals surface area (Å²) in [6.45, 7) is 7.65. The third kappa shape index (κ3) is 2.67. The number of fused-ring (bicyclic) bond motifs is 5. The van der Waals surface area contributed by atoms with Crippen LogP contribution in [0.15, 0.2) is 12.2 Å². The SMILES string of the molecule is C[C@H](/C=C/C=O)[C@H]1CC[C@H]2[C@@H]3CCC4CCCC[C@]4(C)[C@H]3CC[C@]12C. The molecule has 0 saturated heterocycles. The van der Waals surface area contributed by atoms with Gasteiger partial charge in [0.2, 0.25) is 0 Å². The van der Waals surface area contributed by atoms with E-state index < -0.39 is 0 Å². The largest absolute Gasteiger partial charge is 0.299 e. The smallest absolute Gasteiger partial charge is 0.142 e. The Kier molecular flexibility index (Phi) is 4.66. The summed E-state index contributed by atoms with van der Waals surface area (Å²) >= 11 is 0. The number of allylic oxidation sites excluding steroid dienone is 2. The van der Waals surface area contributed by atoms with Gasteiger partial charge in [0.25, 0.3) is 0 Å². The Bertz CT molecular complexity index is 536. The van der Waals surface area contributed by atoms with Gasteiger partial charge in [0.15, 0.2) is 0 Å². The Morgan fingerprint density at radius 2 is 1.68 bits per heavy atom. The molecule has 1 nitrogen and oxygen atoms in total. The number of carbonyl (C=O) groups is 1. The van der Waals surface area contributed by atoms with Crippen LogP contribution >= 0.6 is 0 Å². The zero-order valence-electron chi connectivity index (χ0n) is 16.7. The maximum Gasteiger partial charge on any atom is 0.142 e. The van der Waals surface area contributed by atoms with Crippen LogP contribution in [-0.4, -0.2) is 6.29 Å². The van der Waals surface area contributed by atoms with E-state index in [1.165, 1.54) is 64.2 Å². The van der Waals surface area contributed by atoms with Crippen LogP contribution in [0.1, 0.15) is 85.0 Å². The number of carbonyl (C=O) groups excluding carboxylic acids is 1. The summed E-state index contributed by atoms with van der Waals surface area (Å²) < 4.78 is 0. The Morgan fingerprint density at radius 3 is 2.48 bits per heavy atom. The van der Waals surface area contributed by atoms with E-state index in [0.29, 0.717) is 16.7 Å². The van der Waals surface area contributed by atoms with Gasteiger partial charge >= 0.3 is 0 Å². The van der Waals surface area contributed by atoms with Crippen molar-refractivity contribution in [2.75, 3.05) is 0 Å². The van der Waals surface area contributed by atoms with Gasteiger partial charge in [-0.1, -0.05) is 39.7 Å². The standard InChI is InChI=1S/C24H38O/c1-17(7-6-16-25)20-11-12-21-19-10-9-18-8-4-5-14-23(18,2)22(19)13-15-24(20,21)3/h6-7,16-22H,4-5,8-15H2,1-3H3/b7-6+/t17-,18?,19+,20-,21+,22+,23+,24-/m1/s1. The quantitative estimate of drug-likeness (QED) is 0.427. The van der Waals surface area contributed by atoms with Crippen molar-refractivity contribution >= 4 is 6.29 Å². The first-order valence-electron chi connectivity index (χ1n) is 11.1. The minimum Gasteiger partial charge on any atom is -0.299 e. The fourth-order valence-electron chi connectivity index (χ4n) is 8.55. The molecule has 4 rings (SSSR count). The lowest BCUT2D eigenvalue weighted by atomic mass is 9.44. The topological polar surface area (TPSA) is 17.1 Å². The minimum atomic E-state index is 0.520. The molecule has 0 aromatic carbocycles. The average Bonchev–Trinajstić information content (AvgIpc) is 2.96. The van der Waals surface area contributed by atoms with Gasteiger partial charge in [-0.05, 0) is 104 Å². The molecule has 0 aromatic heterocycles. The Morgan fingerprint density at radius 1 is 0.880 bits per heavy atom. The first-order valence-corrected chi connectivity index (χ1v) is 11.1. The van der Waals surface area contributed by atoms with Crippen molar-refractivity contribution < 1.29 is 4.79 Å². The summed E-state index contributed by atoms with van der Waals surface area (Å²) in [5.74, 6) is 5.31. The van der Waals surface area contributed by atoms with Gasteiger partial charge in [0.05, 0.1) is 0 Å². The molecule has 0 aliphatic heterocycles. The van der Waals surface area contributed by atoms with E-state index in [1.807, 2.05) is 0 Å². The number of rotatable bonds is 3. The van der Waals surface area contributed by atoms with Crippen molar-refractivity contribution in [2.24, 2.45) is 46.3 Å². The molecule has 1 heteroatoms. The highest BCUT2D eigenvalue weighted by molar-refractivity contribution is 5.64. The summed E-state index contributed by atoms with van der Waals surface area (Å²) in [6.07, 6.45) is 19.6. The molecule has 4 fully saturated rings. The van der Waals surface area contributed by atoms with Crippen LogP contribution in [0.3, 0.4) is 0 Å². The average molecular weight is 343 g/mol. The molecule has 0 amide bonds. The van der Waals surface area contributed by atoms with Gasteiger partial charge in [-0.3, -0.25) is 4.79 Å². The van der Waals surface area contributed by atoms with Gasteiger partial charge in [-0.15, -0.1) is 0 Å². The predicted octanol–water partition coefficient (Wildman–Crippen LogP) is 6.43. The number of aldehydes is 1. The van der Waals surface area contributed by atoms with Crippen LogP contribution in [-0.2, 0) is 4.79 Å². The second-order valence-corrected chi connectivity index (χ2v) is 10.5. The van der Waals surface area contributed by atoms with Crippen molar-refractivity contribution in [3.8, 4) is 0 Å². The third-order valence-electron chi connectivity index (χ3n) is 9.78. The highest BCUT2D eigenvalue weighted by Gasteiger charge is 2.59. The molecule has 0 aromatic rings. The van der Waals surface area contributed by atoms with Crippen LogP contribution in [0.5, 0.6) is 0 Å². The molecule has 0 N–H and O–H groups in total. The summed E-state index contributed by atoms with van der Waals surface area (Å²) in [4.78, 5) is 10.8. The van der Waals surface area contributed by atoms with Gasteiger partial charge in [-0.2, -0.15) is 0 Å². The molecule has 0 bridgehead atoms. The summed E-state index contributed by atoms with van der Waals surface area (Å²) in [7, 11) is 0. The molecule has 8 atom stereocenters. The molecule has 0 radical (unpaired) electrons. The predicted molar refractivity (Wildman–Crippen MR) is 104 cm³/mol. The molecule has 140 valence electrons. The van der Waals surface area contributed by atoms with Gasteiger partial charge in [0.1, 0.15) is 6.29 Å².